The number of piperidine rings is 1. The molecule has 1 amide bonds. The second-order valence-corrected chi connectivity index (χ2v) is 10.1. The average molecular weight is 454 g/mol. The molecule has 0 spiro atoms. The molecular weight excluding hydrogens is 426 g/mol. The van der Waals surface area contributed by atoms with Gasteiger partial charge in [0.25, 0.3) is 0 Å². The minimum atomic E-state index is -3.51. The first-order valence-corrected chi connectivity index (χ1v) is 12.3. The van der Waals surface area contributed by atoms with E-state index in [1.54, 1.807) is 34.8 Å². The molecule has 2 aromatic carbocycles. The van der Waals surface area contributed by atoms with E-state index in [0.29, 0.717) is 42.8 Å². The van der Waals surface area contributed by atoms with Gasteiger partial charge in [-0.1, -0.05) is 37.3 Å². The predicted molar refractivity (Wildman–Crippen MR) is 122 cm³/mol. The summed E-state index contributed by atoms with van der Waals surface area (Å²) in [5, 5.41) is 2.80. The highest BCUT2D eigenvalue weighted by molar-refractivity contribution is 7.89. The Morgan fingerprint density at radius 2 is 1.91 bits per heavy atom. The highest BCUT2D eigenvalue weighted by atomic mass is 32.2. The van der Waals surface area contributed by atoms with Crippen molar-refractivity contribution in [1.82, 2.24) is 9.29 Å². The van der Waals surface area contributed by atoms with E-state index in [2.05, 4.69) is 17.2 Å². The van der Waals surface area contributed by atoms with Gasteiger partial charge in [0.05, 0.1) is 11.1 Å². The molecule has 32 heavy (non-hydrogen) atoms. The van der Waals surface area contributed by atoms with E-state index in [1.165, 1.54) is 0 Å². The molecule has 1 atom stereocenters. The number of aromatic nitrogens is 1. The van der Waals surface area contributed by atoms with Gasteiger partial charge in [-0.05, 0) is 43.0 Å². The van der Waals surface area contributed by atoms with Crippen LogP contribution in [0.25, 0.3) is 11.3 Å². The molecule has 0 radical (unpaired) electrons. The lowest BCUT2D eigenvalue weighted by Gasteiger charge is -2.30. The largest absolute Gasteiger partial charge is 0.441 e. The first kappa shape index (κ1) is 22.2. The fraction of sp³-hybridized carbons (Fsp3) is 0.333. The third kappa shape index (κ3) is 5.26. The SMILES string of the molecule is CC1CCCN(S(=O)(=O)c2ccc(NC(=O)CCc3ncc(-c4ccccc4)o3)cc2)C1. The molecule has 7 nitrogen and oxygen atoms in total. The van der Waals surface area contributed by atoms with E-state index in [-0.39, 0.29) is 17.2 Å². The molecule has 168 valence electrons. The Bertz CT molecular complexity index is 1160. The van der Waals surface area contributed by atoms with E-state index in [4.69, 9.17) is 4.42 Å². The second-order valence-electron chi connectivity index (χ2n) is 8.17. The summed E-state index contributed by atoms with van der Waals surface area (Å²) in [7, 11) is -3.51. The van der Waals surface area contributed by atoms with Crippen LogP contribution < -0.4 is 5.32 Å². The molecule has 3 aromatic rings. The fourth-order valence-corrected chi connectivity index (χ4v) is 5.43. The molecule has 1 saturated heterocycles. The zero-order valence-corrected chi connectivity index (χ0v) is 18.8. The van der Waals surface area contributed by atoms with Crippen LogP contribution in [0.2, 0.25) is 0 Å². The second kappa shape index (κ2) is 9.67. The van der Waals surface area contributed by atoms with Crippen molar-refractivity contribution < 1.29 is 17.6 Å². The van der Waals surface area contributed by atoms with Crippen molar-refractivity contribution in [2.24, 2.45) is 5.92 Å². The number of carbonyl (C=O) groups excluding carboxylic acids is 1. The van der Waals surface area contributed by atoms with Crippen LogP contribution in [0, 0.1) is 5.92 Å². The normalized spacial score (nSPS) is 17.2. The van der Waals surface area contributed by atoms with Crippen molar-refractivity contribution in [1.29, 1.82) is 0 Å². The summed E-state index contributed by atoms with van der Waals surface area (Å²) in [6.45, 7) is 3.17. The third-order valence-corrected chi connectivity index (χ3v) is 7.45. The van der Waals surface area contributed by atoms with E-state index in [0.717, 1.165) is 18.4 Å². The molecule has 1 fully saturated rings. The maximum Gasteiger partial charge on any atom is 0.243 e. The number of sulfonamides is 1. The number of carbonyl (C=O) groups is 1. The number of hydrogen-bond acceptors (Lipinski definition) is 5. The van der Waals surface area contributed by atoms with Gasteiger partial charge in [-0.2, -0.15) is 4.31 Å². The Kier molecular flexibility index (Phi) is 6.72. The summed E-state index contributed by atoms with van der Waals surface area (Å²) in [6.07, 6.45) is 4.17. The lowest BCUT2D eigenvalue weighted by atomic mass is 10.0. The zero-order chi connectivity index (χ0) is 22.6. The van der Waals surface area contributed by atoms with Crippen LogP contribution in [0.3, 0.4) is 0 Å². The van der Waals surface area contributed by atoms with Crippen LogP contribution in [0.1, 0.15) is 32.1 Å². The molecule has 1 aliphatic rings. The topological polar surface area (TPSA) is 92.5 Å². The maximum absolute atomic E-state index is 12.9. The number of aryl methyl sites for hydroxylation is 1. The van der Waals surface area contributed by atoms with Crippen LogP contribution in [0.4, 0.5) is 5.69 Å². The standard InChI is InChI=1S/C24H27N3O4S/c1-18-6-5-15-27(17-18)32(29,30)21-11-9-20(10-12-21)26-23(28)13-14-24-25-16-22(31-24)19-7-3-2-4-8-19/h2-4,7-12,16,18H,5-6,13-15,17H2,1H3,(H,26,28). The highest BCUT2D eigenvalue weighted by Gasteiger charge is 2.28. The lowest BCUT2D eigenvalue weighted by molar-refractivity contribution is -0.116. The van der Waals surface area contributed by atoms with Crippen LogP contribution in [0.5, 0.6) is 0 Å². The van der Waals surface area contributed by atoms with E-state index < -0.39 is 10.0 Å². The number of benzene rings is 2. The molecule has 1 N–H and O–H groups in total. The minimum absolute atomic E-state index is 0.190. The van der Waals surface area contributed by atoms with E-state index >= 15 is 0 Å². The molecule has 1 unspecified atom stereocenters. The number of rotatable bonds is 7. The van der Waals surface area contributed by atoms with Crippen molar-refractivity contribution in [3.8, 4) is 11.3 Å². The monoisotopic (exact) mass is 453 g/mol. The maximum atomic E-state index is 12.9. The minimum Gasteiger partial charge on any atom is -0.441 e. The third-order valence-electron chi connectivity index (χ3n) is 5.57. The van der Waals surface area contributed by atoms with Gasteiger partial charge in [0.2, 0.25) is 15.9 Å². The number of nitrogens with one attached hydrogen (secondary N) is 1. The smallest absolute Gasteiger partial charge is 0.243 e. The number of oxazole rings is 1. The van der Waals surface area contributed by atoms with Gasteiger partial charge in [-0.25, -0.2) is 13.4 Å². The van der Waals surface area contributed by atoms with Gasteiger partial charge >= 0.3 is 0 Å². The molecule has 4 rings (SSSR count). The summed E-state index contributed by atoms with van der Waals surface area (Å²) in [5.41, 5.74) is 1.49. The zero-order valence-electron chi connectivity index (χ0n) is 18.0. The number of anilines is 1. The van der Waals surface area contributed by atoms with Crippen molar-refractivity contribution in [3.63, 3.8) is 0 Å². The fourth-order valence-electron chi connectivity index (χ4n) is 3.83. The molecule has 0 bridgehead atoms. The average Bonchev–Trinajstić information content (AvgIpc) is 3.28. The van der Waals surface area contributed by atoms with Crippen molar-refractivity contribution in [2.75, 3.05) is 18.4 Å². The number of amides is 1. The highest BCUT2D eigenvalue weighted by Crippen LogP contribution is 2.24. The van der Waals surface area contributed by atoms with E-state index in [1.807, 2.05) is 30.3 Å². The Morgan fingerprint density at radius 1 is 1.16 bits per heavy atom. The lowest BCUT2D eigenvalue weighted by Crippen LogP contribution is -2.39. The van der Waals surface area contributed by atoms with Gasteiger partial charge in [0.1, 0.15) is 0 Å². The van der Waals surface area contributed by atoms with Crippen LogP contribution in [0.15, 0.2) is 70.1 Å². The van der Waals surface area contributed by atoms with Gasteiger partial charge in [-0.3, -0.25) is 4.79 Å². The summed E-state index contributed by atoms with van der Waals surface area (Å²) in [5.74, 6) is 1.34. The van der Waals surface area contributed by atoms with Gasteiger partial charge in [0.15, 0.2) is 11.7 Å². The predicted octanol–water partition coefficient (Wildman–Crippen LogP) is 4.33. The van der Waals surface area contributed by atoms with Crippen LogP contribution in [-0.2, 0) is 21.2 Å². The summed E-state index contributed by atoms with van der Waals surface area (Å²) in [6, 6.07) is 16.0. The Balaban J connectivity index is 1.32. The van der Waals surface area contributed by atoms with Gasteiger partial charge in [-0.15, -0.1) is 0 Å². The molecular formula is C24H27N3O4S. The summed E-state index contributed by atoms with van der Waals surface area (Å²) >= 11 is 0. The van der Waals surface area contributed by atoms with Crippen LogP contribution in [-0.4, -0.2) is 36.7 Å². The van der Waals surface area contributed by atoms with Gasteiger partial charge in [0, 0.05) is 37.2 Å². The number of hydrogen-bond donors (Lipinski definition) is 1. The first-order chi connectivity index (χ1) is 15.4. The molecule has 1 aliphatic heterocycles. The number of nitrogens with zero attached hydrogens (tertiary/aromatic N) is 2. The Labute approximate surface area is 188 Å². The van der Waals surface area contributed by atoms with Crippen molar-refractivity contribution in [3.05, 3.63) is 66.7 Å². The molecule has 0 aliphatic carbocycles. The molecule has 2 heterocycles. The molecule has 0 saturated carbocycles. The Hall–Kier alpha value is -2.97. The first-order valence-electron chi connectivity index (χ1n) is 10.8. The molecule has 8 heteroatoms. The van der Waals surface area contributed by atoms with Crippen LogP contribution >= 0.6 is 0 Å². The van der Waals surface area contributed by atoms with Crippen molar-refractivity contribution in [2.45, 2.75) is 37.5 Å². The van der Waals surface area contributed by atoms with Crippen molar-refractivity contribution >= 4 is 21.6 Å². The summed E-state index contributed by atoms with van der Waals surface area (Å²) in [4.78, 5) is 16.8. The quantitative estimate of drug-likeness (QED) is 0.575. The molecule has 1 aromatic heterocycles. The van der Waals surface area contributed by atoms with Gasteiger partial charge < -0.3 is 9.73 Å². The summed E-state index contributed by atoms with van der Waals surface area (Å²) < 4.78 is 33.0. The Morgan fingerprint density at radius 3 is 2.62 bits per heavy atom. The van der Waals surface area contributed by atoms with E-state index in [9.17, 15) is 13.2 Å².